The van der Waals surface area contributed by atoms with E-state index in [-0.39, 0.29) is 6.61 Å². The summed E-state index contributed by atoms with van der Waals surface area (Å²) in [5, 5.41) is 12.7. The average Bonchev–Trinajstić information content (AvgIpc) is 2.30. The first kappa shape index (κ1) is 11.8. The Morgan fingerprint density at radius 2 is 2.19 bits per heavy atom. The van der Waals surface area contributed by atoms with Gasteiger partial charge in [-0.2, -0.15) is 0 Å². The molecule has 1 aliphatic rings. The van der Waals surface area contributed by atoms with Crippen LogP contribution in [0.1, 0.15) is 25.7 Å². The van der Waals surface area contributed by atoms with Crippen LogP contribution >= 0.6 is 15.9 Å². The lowest BCUT2D eigenvalue weighted by molar-refractivity contribution is 0.178. The van der Waals surface area contributed by atoms with Gasteiger partial charge in [0, 0.05) is 24.6 Å². The molecule has 0 bridgehead atoms. The second-order valence-corrected chi connectivity index (χ2v) is 5.02. The first-order chi connectivity index (χ1) is 7.79. The smallest absolute Gasteiger partial charge is 0.130 e. The van der Waals surface area contributed by atoms with E-state index >= 15 is 0 Å². The largest absolute Gasteiger partial charge is 0.396 e. The predicted octanol–water partition coefficient (Wildman–Crippen LogP) is 2.20. The number of aliphatic hydroxyl groups is 1. The summed E-state index contributed by atoms with van der Waals surface area (Å²) >= 11 is 3.32. The van der Waals surface area contributed by atoms with E-state index in [0.29, 0.717) is 12.0 Å². The van der Waals surface area contributed by atoms with Gasteiger partial charge in [0.25, 0.3) is 0 Å². The van der Waals surface area contributed by atoms with Crippen molar-refractivity contribution in [2.45, 2.75) is 31.7 Å². The molecular formula is C11H16BrN3O. The molecule has 4 nitrogen and oxygen atoms in total. The number of nitrogens with one attached hydrogen (secondary N) is 1. The van der Waals surface area contributed by atoms with Crippen LogP contribution in [0.3, 0.4) is 0 Å². The van der Waals surface area contributed by atoms with E-state index in [0.717, 1.165) is 23.3 Å². The number of rotatable bonds is 3. The van der Waals surface area contributed by atoms with Crippen molar-refractivity contribution in [3.63, 3.8) is 0 Å². The van der Waals surface area contributed by atoms with Crippen LogP contribution in [-0.2, 0) is 0 Å². The monoisotopic (exact) mass is 285 g/mol. The van der Waals surface area contributed by atoms with Crippen molar-refractivity contribution in [3.8, 4) is 0 Å². The van der Waals surface area contributed by atoms with Gasteiger partial charge in [-0.1, -0.05) is 12.8 Å². The SMILES string of the molecule is OCC1CCCCC1Nc1cc(Br)ncn1. The molecule has 2 N–H and O–H groups in total. The Labute approximate surface area is 104 Å². The molecule has 2 unspecified atom stereocenters. The van der Waals surface area contributed by atoms with Gasteiger partial charge in [-0.05, 0) is 28.8 Å². The zero-order valence-corrected chi connectivity index (χ0v) is 10.7. The molecule has 0 aromatic carbocycles. The van der Waals surface area contributed by atoms with Gasteiger partial charge in [-0.15, -0.1) is 0 Å². The predicted molar refractivity (Wildman–Crippen MR) is 66.2 cm³/mol. The molecule has 2 rings (SSSR count). The summed E-state index contributed by atoms with van der Waals surface area (Å²) in [6.07, 6.45) is 6.17. The summed E-state index contributed by atoms with van der Waals surface area (Å²) in [6, 6.07) is 2.20. The van der Waals surface area contributed by atoms with Crippen LogP contribution < -0.4 is 5.32 Å². The van der Waals surface area contributed by atoms with Crippen LogP contribution in [-0.4, -0.2) is 27.7 Å². The molecule has 1 saturated carbocycles. The van der Waals surface area contributed by atoms with Crippen molar-refractivity contribution in [3.05, 3.63) is 17.0 Å². The molecule has 16 heavy (non-hydrogen) atoms. The second kappa shape index (κ2) is 5.59. The summed E-state index contributed by atoms with van der Waals surface area (Å²) in [7, 11) is 0. The van der Waals surface area contributed by atoms with E-state index < -0.39 is 0 Å². The minimum absolute atomic E-state index is 0.254. The molecule has 0 aliphatic heterocycles. The topological polar surface area (TPSA) is 58.0 Å². The van der Waals surface area contributed by atoms with Crippen molar-refractivity contribution in [2.75, 3.05) is 11.9 Å². The molecule has 0 radical (unpaired) electrons. The van der Waals surface area contributed by atoms with Crippen LogP contribution in [0.4, 0.5) is 5.82 Å². The fourth-order valence-corrected chi connectivity index (χ4v) is 2.53. The quantitative estimate of drug-likeness (QED) is 0.836. The second-order valence-electron chi connectivity index (χ2n) is 4.20. The maximum Gasteiger partial charge on any atom is 0.130 e. The van der Waals surface area contributed by atoms with Gasteiger partial charge in [-0.3, -0.25) is 0 Å². The summed E-state index contributed by atoms with van der Waals surface area (Å²) in [6.45, 7) is 0.254. The van der Waals surface area contributed by atoms with Crippen LogP contribution in [0.2, 0.25) is 0 Å². The molecule has 1 aliphatic carbocycles. The summed E-state index contributed by atoms with van der Waals surface area (Å²) in [5.74, 6) is 1.18. The molecular weight excluding hydrogens is 270 g/mol. The van der Waals surface area contributed by atoms with Crippen molar-refractivity contribution in [2.24, 2.45) is 5.92 Å². The van der Waals surface area contributed by atoms with E-state index in [1.165, 1.54) is 19.2 Å². The molecule has 1 fully saturated rings. The lowest BCUT2D eigenvalue weighted by Crippen LogP contribution is -2.34. The van der Waals surface area contributed by atoms with Crippen LogP contribution in [0.25, 0.3) is 0 Å². The number of hydrogen-bond donors (Lipinski definition) is 2. The lowest BCUT2D eigenvalue weighted by atomic mass is 9.85. The minimum atomic E-state index is 0.254. The van der Waals surface area contributed by atoms with Crippen LogP contribution in [0.5, 0.6) is 0 Å². The van der Waals surface area contributed by atoms with Crippen molar-refractivity contribution in [1.82, 2.24) is 9.97 Å². The highest BCUT2D eigenvalue weighted by atomic mass is 79.9. The number of hydrogen-bond acceptors (Lipinski definition) is 4. The van der Waals surface area contributed by atoms with Gasteiger partial charge in [-0.25, -0.2) is 9.97 Å². The van der Waals surface area contributed by atoms with E-state index in [2.05, 4.69) is 31.2 Å². The zero-order chi connectivity index (χ0) is 11.4. The van der Waals surface area contributed by atoms with Gasteiger partial charge in [0.05, 0.1) is 0 Å². The summed E-state index contributed by atoms with van der Waals surface area (Å²) in [5.41, 5.74) is 0. The van der Waals surface area contributed by atoms with Gasteiger partial charge < -0.3 is 10.4 Å². The third kappa shape index (κ3) is 2.92. The lowest BCUT2D eigenvalue weighted by Gasteiger charge is -2.31. The van der Waals surface area contributed by atoms with Crippen molar-refractivity contribution >= 4 is 21.7 Å². The Morgan fingerprint density at radius 1 is 1.38 bits per heavy atom. The normalized spacial score (nSPS) is 25.4. The van der Waals surface area contributed by atoms with Crippen molar-refractivity contribution in [1.29, 1.82) is 0 Å². The van der Waals surface area contributed by atoms with Crippen molar-refractivity contribution < 1.29 is 5.11 Å². The van der Waals surface area contributed by atoms with E-state index in [9.17, 15) is 5.11 Å². The Balaban J connectivity index is 2.02. The number of halogens is 1. The van der Waals surface area contributed by atoms with Gasteiger partial charge in [0.1, 0.15) is 16.7 Å². The van der Waals surface area contributed by atoms with Gasteiger partial charge >= 0.3 is 0 Å². The average molecular weight is 286 g/mol. The molecule has 0 spiro atoms. The van der Waals surface area contributed by atoms with Crippen LogP contribution in [0, 0.1) is 5.92 Å². The molecule has 2 atom stereocenters. The number of aromatic nitrogens is 2. The van der Waals surface area contributed by atoms with E-state index in [1.54, 1.807) is 0 Å². The number of nitrogens with zero attached hydrogens (tertiary/aromatic N) is 2. The Bertz CT molecular complexity index is 348. The maximum absolute atomic E-state index is 9.31. The number of aliphatic hydroxyl groups excluding tert-OH is 1. The molecule has 0 saturated heterocycles. The molecule has 1 aromatic rings. The Morgan fingerprint density at radius 3 is 2.94 bits per heavy atom. The summed E-state index contributed by atoms with van der Waals surface area (Å²) in [4.78, 5) is 8.16. The third-order valence-electron chi connectivity index (χ3n) is 3.11. The molecule has 5 heteroatoms. The standard InChI is InChI=1S/C11H16BrN3O/c12-10-5-11(14-7-13-10)15-9-4-2-1-3-8(9)6-16/h5,7-9,16H,1-4,6H2,(H,13,14,15). The fraction of sp³-hybridized carbons (Fsp3) is 0.636. The summed E-state index contributed by atoms with van der Waals surface area (Å²) < 4.78 is 0.779. The molecule has 88 valence electrons. The highest BCUT2D eigenvalue weighted by Crippen LogP contribution is 2.26. The van der Waals surface area contributed by atoms with Gasteiger partial charge in [0.15, 0.2) is 0 Å². The third-order valence-corrected chi connectivity index (χ3v) is 3.54. The highest BCUT2D eigenvalue weighted by Gasteiger charge is 2.24. The first-order valence-electron chi connectivity index (χ1n) is 5.64. The molecule has 1 aromatic heterocycles. The van der Waals surface area contributed by atoms with Gasteiger partial charge in [0.2, 0.25) is 0 Å². The Kier molecular flexibility index (Phi) is 4.12. The maximum atomic E-state index is 9.31. The van der Waals surface area contributed by atoms with E-state index in [4.69, 9.17) is 0 Å². The number of anilines is 1. The highest BCUT2D eigenvalue weighted by molar-refractivity contribution is 9.10. The zero-order valence-electron chi connectivity index (χ0n) is 9.06. The minimum Gasteiger partial charge on any atom is -0.396 e. The first-order valence-corrected chi connectivity index (χ1v) is 6.44. The fourth-order valence-electron chi connectivity index (χ4n) is 2.22. The molecule has 0 amide bonds. The molecule has 1 heterocycles. The van der Waals surface area contributed by atoms with Crippen LogP contribution in [0.15, 0.2) is 17.0 Å². The Hall–Kier alpha value is -0.680. The van der Waals surface area contributed by atoms with E-state index in [1.807, 2.05) is 6.07 Å².